The first kappa shape index (κ1) is 24.9. The Morgan fingerprint density at radius 3 is 2.50 bits per heavy atom. The Bertz CT molecular complexity index is 1500. The molecule has 0 unspecified atom stereocenters. The van der Waals surface area contributed by atoms with E-state index in [0.29, 0.717) is 27.5 Å². The molecule has 3 heterocycles. The van der Waals surface area contributed by atoms with Crippen molar-refractivity contribution >= 4 is 48.1 Å². The number of benzene rings is 1. The van der Waals surface area contributed by atoms with Gasteiger partial charge in [0.05, 0.1) is 23.2 Å². The third kappa shape index (κ3) is 4.65. The fraction of sp³-hybridized carbons (Fsp3) is 0.423. The average Bonchev–Trinajstić information content (AvgIpc) is 3.45. The molecule has 1 fully saturated rings. The summed E-state index contributed by atoms with van der Waals surface area (Å²) in [5, 5.41) is 0.790. The van der Waals surface area contributed by atoms with Crippen molar-refractivity contribution in [3.8, 4) is 0 Å². The Labute approximate surface area is 213 Å². The molecule has 1 aliphatic rings. The fourth-order valence-electron chi connectivity index (χ4n) is 4.90. The molecule has 0 saturated heterocycles. The van der Waals surface area contributed by atoms with E-state index >= 15 is 0 Å². The zero-order valence-electron chi connectivity index (χ0n) is 20.7. The van der Waals surface area contributed by atoms with Crippen molar-refractivity contribution in [3.63, 3.8) is 0 Å². The van der Waals surface area contributed by atoms with Crippen molar-refractivity contribution in [2.24, 2.45) is 5.92 Å². The lowest BCUT2D eigenvalue weighted by Gasteiger charge is -2.28. The van der Waals surface area contributed by atoms with E-state index in [4.69, 9.17) is 9.41 Å². The topological polar surface area (TPSA) is 96.1 Å². The lowest BCUT2D eigenvalue weighted by atomic mass is 9.86. The highest BCUT2D eigenvalue weighted by molar-refractivity contribution is 7.90. The number of aldehydes is 1. The van der Waals surface area contributed by atoms with Crippen molar-refractivity contribution in [2.75, 3.05) is 0 Å². The van der Waals surface area contributed by atoms with Crippen molar-refractivity contribution < 1.29 is 17.6 Å². The van der Waals surface area contributed by atoms with Gasteiger partial charge in [-0.3, -0.25) is 0 Å². The summed E-state index contributed by atoms with van der Waals surface area (Å²) in [7, 11) is -3.48. The van der Waals surface area contributed by atoms with E-state index in [-0.39, 0.29) is 21.9 Å². The van der Waals surface area contributed by atoms with E-state index in [9.17, 15) is 13.2 Å². The number of fused-ring (bicyclic) bond motifs is 3. The maximum absolute atomic E-state index is 13.4. The van der Waals surface area contributed by atoms with Crippen LogP contribution in [-0.2, 0) is 25.9 Å². The molecule has 36 heavy (non-hydrogen) atoms. The number of hydrogen-bond acceptors (Lipinski definition) is 6. The van der Waals surface area contributed by atoms with Crippen LogP contribution >= 0.6 is 0 Å². The van der Waals surface area contributed by atoms with Gasteiger partial charge in [0, 0.05) is 23.5 Å². The van der Waals surface area contributed by atoms with Crippen LogP contribution in [0.1, 0.15) is 58.3 Å². The smallest absolute Gasteiger partial charge is 0.269 e. The van der Waals surface area contributed by atoms with Crippen LogP contribution < -0.4 is 0 Å². The quantitative estimate of drug-likeness (QED) is 0.253. The zero-order valence-corrected chi connectivity index (χ0v) is 22.5. The second-order valence-electron chi connectivity index (χ2n) is 10.4. The second-order valence-corrected chi connectivity index (χ2v) is 14.2. The Balaban J connectivity index is 1.63. The van der Waals surface area contributed by atoms with E-state index in [1.165, 1.54) is 3.97 Å². The van der Waals surface area contributed by atoms with Crippen LogP contribution in [0.15, 0.2) is 53.7 Å². The molecule has 0 amide bonds. The van der Waals surface area contributed by atoms with E-state index in [2.05, 4.69) is 30.3 Å². The van der Waals surface area contributed by atoms with Crippen molar-refractivity contribution in [1.29, 1.82) is 0 Å². The van der Waals surface area contributed by atoms with Crippen LogP contribution in [0.5, 0.6) is 0 Å². The van der Waals surface area contributed by atoms with Crippen molar-refractivity contribution in [3.05, 3.63) is 54.6 Å². The number of carbonyl (C=O) groups is 1. The maximum Gasteiger partial charge on any atom is 0.269 e. The van der Waals surface area contributed by atoms with Gasteiger partial charge < -0.3 is 13.8 Å². The fourth-order valence-corrected chi connectivity index (χ4v) is 6.86. The van der Waals surface area contributed by atoms with Gasteiger partial charge in [0.15, 0.2) is 5.65 Å². The zero-order chi connectivity index (χ0) is 25.5. The second kappa shape index (κ2) is 9.57. The van der Waals surface area contributed by atoms with E-state index in [1.54, 1.807) is 42.7 Å². The highest BCUT2D eigenvalue weighted by Gasteiger charge is 2.28. The summed E-state index contributed by atoms with van der Waals surface area (Å²) < 4.78 is 36.3. The standard InChI is InChI=1S/C26H30N4O4SSi/c1-26(2,3)36-34-17-23-28-22-15-27-25-21(24(22)30(23)19-11-9-18(16-31)10-12-19)13-14-29(25)35(32,33)20-7-5-4-6-8-20/h4-8,13-16,18-19H,9-12,17H2,1-3H3. The van der Waals surface area contributed by atoms with Gasteiger partial charge in [-0.1, -0.05) is 39.0 Å². The molecular weight excluding hydrogens is 492 g/mol. The molecule has 1 aliphatic carbocycles. The highest BCUT2D eigenvalue weighted by atomic mass is 32.2. The Morgan fingerprint density at radius 1 is 1.11 bits per heavy atom. The summed E-state index contributed by atoms with van der Waals surface area (Å²) in [5.41, 5.74) is 1.96. The van der Waals surface area contributed by atoms with Gasteiger partial charge in [0.2, 0.25) is 9.76 Å². The van der Waals surface area contributed by atoms with Crippen LogP contribution in [0, 0.1) is 5.92 Å². The summed E-state index contributed by atoms with van der Waals surface area (Å²) in [5.74, 6) is 0.904. The molecule has 8 nitrogen and oxygen atoms in total. The van der Waals surface area contributed by atoms with E-state index in [1.807, 2.05) is 6.07 Å². The Morgan fingerprint density at radius 2 is 1.83 bits per heavy atom. The van der Waals surface area contributed by atoms with Crippen molar-refractivity contribution in [1.82, 2.24) is 18.5 Å². The molecule has 1 aromatic carbocycles. The molecule has 1 saturated carbocycles. The number of carbonyl (C=O) groups excluding carboxylic acids is 1. The first-order valence-corrected chi connectivity index (χ1v) is 14.6. The van der Waals surface area contributed by atoms with Crippen molar-refractivity contribution in [2.45, 2.75) is 69.0 Å². The van der Waals surface area contributed by atoms with Gasteiger partial charge >= 0.3 is 0 Å². The predicted molar refractivity (Wildman–Crippen MR) is 139 cm³/mol. The molecule has 188 valence electrons. The first-order valence-electron chi connectivity index (χ1n) is 12.2. The Kier molecular flexibility index (Phi) is 6.60. The van der Waals surface area contributed by atoms with Gasteiger partial charge in [0.1, 0.15) is 17.6 Å². The van der Waals surface area contributed by atoms with Crippen LogP contribution in [-0.4, -0.2) is 43.0 Å². The summed E-state index contributed by atoms with van der Waals surface area (Å²) in [6.07, 6.45) is 7.65. The molecule has 5 rings (SSSR count). The lowest BCUT2D eigenvalue weighted by molar-refractivity contribution is -0.112. The maximum atomic E-state index is 13.4. The average molecular weight is 523 g/mol. The number of nitrogens with zero attached hydrogens (tertiary/aromatic N) is 4. The predicted octanol–water partition coefficient (Wildman–Crippen LogP) is 4.91. The minimum atomic E-state index is -3.80. The van der Waals surface area contributed by atoms with Gasteiger partial charge in [-0.15, -0.1) is 0 Å². The minimum absolute atomic E-state index is 0.0523. The van der Waals surface area contributed by atoms with Crippen LogP contribution in [0.4, 0.5) is 0 Å². The van der Waals surface area contributed by atoms with Crippen LogP contribution in [0.25, 0.3) is 22.1 Å². The number of pyridine rings is 1. The molecule has 2 radical (unpaired) electrons. The van der Waals surface area contributed by atoms with E-state index in [0.717, 1.165) is 48.7 Å². The van der Waals surface area contributed by atoms with Gasteiger partial charge in [-0.2, -0.15) is 0 Å². The molecular formula is C26H30N4O4SSi. The monoisotopic (exact) mass is 522 g/mol. The highest BCUT2D eigenvalue weighted by Crippen LogP contribution is 2.37. The van der Waals surface area contributed by atoms with Crippen LogP contribution in [0.2, 0.25) is 5.04 Å². The summed E-state index contributed by atoms with van der Waals surface area (Å²) >= 11 is 0. The lowest BCUT2D eigenvalue weighted by Crippen LogP contribution is -2.21. The Hall–Kier alpha value is -2.82. The summed E-state index contributed by atoms with van der Waals surface area (Å²) in [4.78, 5) is 21.0. The molecule has 0 spiro atoms. The largest absolute Gasteiger partial charge is 0.409 e. The van der Waals surface area contributed by atoms with Gasteiger partial charge in [0.25, 0.3) is 10.0 Å². The number of imidazole rings is 1. The molecule has 3 aromatic heterocycles. The molecule has 0 N–H and O–H groups in total. The van der Waals surface area contributed by atoms with Gasteiger partial charge in [-0.25, -0.2) is 22.4 Å². The first-order chi connectivity index (χ1) is 17.2. The number of rotatable bonds is 7. The molecule has 0 atom stereocenters. The normalized spacial score (nSPS) is 19.2. The molecule has 0 aliphatic heterocycles. The van der Waals surface area contributed by atoms with E-state index < -0.39 is 10.0 Å². The summed E-state index contributed by atoms with van der Waals surface area (Å²) in [6.45, 7) is 6.78. The SMILES string of the molecule is CC(C)(C)[Si]OCc1nc2cnc3c(ccn3S(=O)(=O)c3ccccc3)c2n1C1CCC(C=O)CC1. The van der Waals surface area contributed by atoms with Gasteiger partial charge in [-0.05, 0) is 48.9 Å². The molecule has 10 heteroatoms. The molecule has 0 bridgehead atoms. The third-order valence-electron chi connectivity index (χ3n) is 6.58. The van der Waals surface area contributed by atoms with Crippen LogP contribution in [0.3, 0.4) is 0 Å². The molecule has 4 aromatic rings. The summed E-state index contributed by atoms with van der Waals surface area (Å²) in [6, 6.07) is 10.3. The number of hydrogen-bond donors (Lipinski definition) is 0. The number of aromatic nitrogens is 4. The third-order valence-corrected chi connectivity index (χ3v) is 9.16. The minimum Gasteiger partial charge on any atom is -0.409 e.